The van der Waals surface area contributed by atoms with Crippen molar-refractivity contribution in [3.63, 3.8) is 0 Å². The number of aryl methyl sites for hydroxylation is 1. The Morgan fingerprint density at radius 3 is 2.94 bits per heavy atom. The molecule has 3 nitrogen and oxygen atoms in total. The Balaban J connectivity index is 1.92. The van der Waals surface area contributed by atoms with Gasteiger partial charge in [-0.15, -0.1) is 0 Å². The van der Waals surface area contributed by atoms with Gasteiger partial charge in [-0.1, -0.05) is 6.07 Å². The molecule has 0 spiro atoms. The van der Waals surface area contributed by atoms with Gasteiger partial charge in [0.15, 0.2) is 0 Å². The third-order valence-electron chi connectivity index (χ3n) is 2.76. The number of nitrogens with zero attached hydrogens (tertiary/aromatic N) is 2. The lowest BCUT2D eigenvalue weighted by atomic mass is 10.2. The second-order valence-electron chi connectivity index (χ2n) is 4.11. The number of hydrogen-bond acceptors (Lipinski definition) is 2. The van der Waals surface area contributed by atoms with Crippen LogP contribution in [0.1, 0.15) is 11.1 Å². The minimum Gasteiger partial charge on any atom is -0.384 e. The highest BCUT2D eigenvalue weighted by Crippen LogP contribution is 2.20. The highest BCUT2D eigenvalue weighted by Gasteiger charge is 2.01. The van der Waals surface area contributed by atoms with Gasteiger partial charge in [-0.25, -0.2) is 0 Å². The summed E-state index contributed by atoms with van der Waals surface area (Å²) < 4.78 is 3.14. The largest absolute Gasteiger partial charge is 0.384 e. The van der Waals surface area contributed by atoms with Crippen LogP contribution in [-0.2, 0) is 13.5 Å². The van der Waals surface area contributed by atoms with Crippen molar-refractivity contribution in [1.82, 2.24) is 9.78 Å². The Morgan fingerprint density at radius 2 is 2.24 bits per heavy atom. The minimum atomic E-state index is 0.937. The van der Waals surface area contributed by atoms with E-state index in [1.807, 2.05) is 17.9 Å². The van der Waals surface area contributed by atoms with Gasteiger partial charge in [0.1, 0.15) is 0 Å². The Morgan fingerprint density at radius 1 is 1.41 bits per heavy atom. The molecule has 4 heteroatoms. The molecule has 0 fully saturated rings. The molecule has 0 aliphatic rings. The minimum absolute atomic E-state index is 0.937. The Hall–Kier alpha value is -1.04. The van der Waals surface area contributed by atoms with Crippen LogP contribution in [0.25, 0.3) is 0 Å². The maximum atomic E-state index is 4.16. The lowest BCUT2D eigenvalue weighted by molar-refractivity contribution is 0.767. The molecule has 90 valence electrons. The number of rotatable bonds is 4. The molecule has 0 aliphatic heterocycles. The fourth-order valence-electron chi connectivity index (χ4n) is 1.74. The van der Waals surface area contributed by atoms with Crippen LogP contribution in [0.2, 0.25) is 0 Å². The van der Waals surface area contributed by atoms with Gasteiger partial charge in [0.25, 0.3) is 0 Å². The number of anilines is 1. The molecular weight excluding hydrogens is 325 g/mol. The van der Waals surface area contributed by atoms with E-state index >= 15 is 0 Å². The zero-order valence-corrected chi connectivity index (χ0v) is 12.2. The van der Waals surface area contributed by atoms with E-state index in [9.17, 15) is 0 Å². The van der Waals surface area contributed by atoms with Gasteiger partial charge < -0.3 is 5.32 Å². The first kappa shape index (κ1) is 12.4. The van der Waals surface area contributed by atoms with Crippen LogP contribution < -0.4 is 5.32 Å². The molecule has 1 aromatic carbocycles. The van der Waals surface area contributed by atoms with Crippen molar-refractivity contribution >= 4 is 28.3 Å². The normalized spacial score (nSPS) is 10.5. The molecule has 0 atom stereocenters. The molecule has 17 heavy (non-hydrogen) atoms. The van der Waals surface area contributed by atoms with Gasteiger partial charge in [0.05, 0.1) is 6.20 Å². The van der Waals surface area contributed by atoms with E-state index < -0.39 is 0 Å². The fourth-order valence-corrected chi connectivity index (χ4v) is 2.24. The molecule has 0 aliphatic carbocycles. The summed E-state index contributed by atoms with van der Waals surface area (Å²) in [6.07, 6.45) is 4.98. The summed E-state index contributed by atoms with van der Waals surface area (Å²) in [7, 11) is 1.95. The van der Waals surface area contributed by atoms with Gasteiger partial charge in [-0.3, -0.25) is 4.68 Å². The first-order valence-electron chi connectivity index (χ1n) is 5.63. The summed E-state index contributed by atoms with van der Waals surface area (Å²) in [5, 5.41) is 7.63. The Labute approximate surface area is 115 Å². The topological polar surface area (TPSA) is 29.9 Å². The smallest absolute Gasteiger partial charge is 0.0522 e. The lowest BCUT2D eigenvalue weighted by Crippen LogP contribution is -2.06. The van der Waals surface area contributed by atoms with Crippen LogP contribution in [0.15, 0.2) is 30.6 Å². The molecule has 0 saturated carbocycles. The summed E-state index contributed by atoms with van der Waals surface area (Å²) in [5.74, 6) is 0. The van der Waals surface area contributed by atoms with E-state index in [1.165, 1.54) is 20.4 Å². The highest BCUT2D eigenvalue weighted by molar-refractivity contribution is 14.1. The molecule has 0 saturated heterocycles. The maximum absolute atomic E-state index is 4.16. The van der Waals surface area contributed by atoms with E-state index in [4.69, 9.17) is 0 Å². The Bertz CT molecular complexity index is 505. The summed E-state index contributed by atoms with van der Waals surface area (Å²) in [4.78, 5) is 0. The number of benzene rings is 1. The van der Waals surface area contributed by atoms with E-state index in [0.717, 1.165) is 13.0 Å². The summed E-state index contributed by atoms with van der Waals surface area (Å²) in [5.41, 5.74) is 3.81. The number of hydrogen-bond donors (Lipinski definition) is 1. The fraction of sp³-hybridized carbons (Fsp3) is 0.308. The number of aromatic nitrogens is 2. The average Bonchev–Trinajstić information content (AvgIpc) is 2.70. The molecule has 1 heterocycles. The monoisotopic (exact) mass is 341 g/mol. The van der Waals surface area contributed by atoms with Crippen LogP contribution >= 0.6 is 22.6 Å². The average molecular weight is 341 g/mol. The predicted molar refractivity (Wildman–Crippen MR) is 79.3 cm³/mol. The van der Waals surface area contributed by atoms with Crippen LogP contribution in [0, 0.1) is 10.5 Å². The lowest BCUT2D eigenvalue weighted by Gasteiger charge is -2.09. The third kappa shape index (κ3) is 3.21. The molecule has 2 aromatic rings. The number of halogens is 1. The van der Waals surface area contributed by atoms with E-state index in [2.05, 4.69) is 64.3 Å². The van der Waals surface area contributed by atoms with E-state index in [0.29, 0.717) is 0 Å². The van der Waals surface area contributed by atoms with Gasteiger partial charge in [0.2, 0.25) is 0 Å². The summed E-state index contributed by atoms with van der Waals surface area (Å²) in [6, 6.07) is 6.34. The zero-order chi connectivity index (χ0) is 12.3. The first-order chi connectivity index (χ1) is 8.16. The van der Waals surface area contributed by atoms with Gasteiger partial charge >= 0.3 is 0 Å². The molecule has 0 bridgehead atoms. The molecule has 1 N–H and O–H groups in total. The summed E-state index contributed by atoms with van der Waals surface area (Å²) in [6.45, 7) is 3.08. The van der Waals surface area contributed by atoms with Crippen molar-refractivity contribution in [2.45, 2.75) is 13.3 Å². The highest BCUT2D eigenvalue weighted by atomic mass is 127. The van der Waals surface area contributed by atoms with Crippen molar-refractivity contribution < 1.29 is 0 Å². The van der Waals surface area contributed by atoms with Gasteiger partial charge in [0, 0.05) is 29.0 Å². The molecule has 0 amide bonds. The Kier molecular flexibility index (Phi) is 4.04. The van der Waals surface area contributed by atoms with Gasteiger partial charge in [-0.2, -0.15) is 5.10 Å². The maximum Gasteiger partial charge on any atom is 0.0522 e. The van der Waals surface area contributed by atoms with Gasteiger partial charge in [-0.05, 0) is 59.2 Å². The quantitative estimate of drug-likeness (QED) is 0.867. The molecule has 0 unspecified atom stereocenters. The second-order valence-corrected chi connectivity index (χ2v) is 5.27. The van der Waals surface area contributed by atoms with Crippen molar-refractivity contribution in [2.24, 2.45) is 7.05 Å². The predicted octanol–water partition coefficient (Wildman–Crippen LogP) is 2.99. The van der Waals surface area contributed by atoms with Crippen LogP contribution in [0.3, 0.4) is 0 Å². The van der Waals surface area contributed by atoms with E-state index in [-0.39, 0.29) is 0 Å². The van der Waals surface area contributed by atoms with E-state index in [1.54, 1.807) is 0 Å². The molecular formula is C13H16IN3. The number of nitrogens with one attached hydrogen (secondary N) is 1. The molecule has 1 aromatic heterocycles. The van der Waals surface area contributed by atoms with Crippen LogP contribution in [-0.4, -0.2) is 16.3 Å². The zero-order valence-electron chi connectivity index (χ0n) is 10.1. The van der Waals surface area contributed by atoms with Crippen molar-refractivity contribution in [3.05, 3.63) is 45.3 Å². The van der Waals surface area contributed by atoms with Crippen molar-refractivity contribution in [3.8, 4) is 0 Å². The molecule has 2 rings (SSSR count). The van der Waals surface area contributed by atoms with Crippen molar-refractivity contribution in [1.29, 1.82) is 0 Å². The standard InChI is InChI=1S/C13H16IN3/c1-10-12(14)4-3-5-13(10)15-7-6-11-8-16-17(2)9-11/h3-5,8-9,15H,6-7H2,1-2H3. The second kappa shape index (κ2) is 5.53. The summed E-state index contributed by atoms with van der Waals surface area (Å²) >= 11 is 2.36. The molecule has 0 radical (unpaired) electrons. The van der Waals surface area contributed by atoms with Crippen LogP contribution in [0.4, 0.5) is 5.69 Å². The van der Waals surface area contributed by atoms with Crippen molar-refractivity contribution in [2.75, 3.05) is 11.9 Å². The first-order valence-corrected chi connectivity index (χ1v) is 6.71. The third-order valence-corrected chi connectivity index (χ3v) is 3.92. The SMILES string of the molecule is Cc1c(I)cccc1NCCc1cnn(C)c1. The van der Waals surface area contributed by atoms with Crippen LogP contribution in [0.5, 0.6) is 0 Å².